The first-order chi connectivity index (χ1) is 70.1. The van der Waals surface area contributed by atoms with E-state index in [2.05, 4.69) is 143 Å². The number of carbonyl (C=O) groups excluding carboxylic acids is 10. The van der Waals surface area contributed by atoms with E-state index in [-0.39, 0.29) is 81.4 Å². The van der Waals surface area contributed by atoms with Gasteiger partial charge in [0.2, 0.25) is 0 Å². The van der Waals surface area contributed by atoms with E-state index in [1.807, 2.05) is 86.0 Å². The molecular weight excluding hydrogens is 1930 g/mol. The minimum Gasteiger partial charge on any atom is -0.496 e. The van der Waals surface area contributed by atoms with Crippen LogP contribution in [0.4, 0.5) is 24.0 Å². The molecule has 14 heterocycles. The van der Waals surface area contributed by atoms with E-state index in [1.54, 1.807) is 68.4 Å². The molecule has 6 aromatic carbocycles. The quantitative estimate of drug-likeness (QED) is 0.0765. The Bertz CT molecular complexity index is 6430. The second-order valence-electron chi connectivity index (χ2n) is 41.3. The van der Waals surface area contributed by atoms with Crippen LogP contribution >= 0.6 is 46.4 Å². The van der Waals surface area contributed by atoms with E-state index >= 15 is 0 Å². The molecular formula is C111H132Cl4N20O11. The third-order valence-electron chi connectivity index (χ3n) is 30.7. The highest BCUT2D eigenvalue weighted by molar-refractivity contribution is 6.42. The van der Waals surface area contributed by atoms with Gasteiger partial charge in [0.15, 0.2) is 28.9 Å². The fourth-order valence-electron chi connectivity index (χ4n) is 22.1. The molecule has 31 nitrogen and oxygen atoms in total. The van der Waals surface area contributed by atoms with Crippen molar-refractivity contribution in [3.63, 3.8) is 0 Å². The standard InChI is InChI=1S/C25H28N4O3.2C22H28N4O2.2C21H24Cl2N4O2/c1-18-16-27(13-14-28(18)25(31)29-12-11-23(26-29)19(2)30)17-22-10-9-21(15-24(22)32-3)20-7-5-4-6-8-20;1-17-4-3-5-19(14-17)15-24-11-7-22(16-24)8-12-25(13-9-22)21(28)26-10-6-20(23-26)18(2)27;1-17-4-3-5-19(14-17)15-24-11-7-22(8-12-24)9-13-25(16-22)21(28)26-10-6-20(23-26)18(2)27;1-15(28)19-4-8-27(24-19)20(29)26-10-6-21(7-11-26)5-9-25(14-21)13-16-12-17(22)2-3-18(16)23;1-15(28)18-5-9-27(24-18)20(29)26-11-7-21(8-12-26)6-10-25(14-21)13-16-3-2-4-17(22)19(16)23/h4-12,15,18H,13-14,16-17H2,1-3H3;2*3-6,10,14H,7-9,11-13,15-16H2,1-2H3;2-4,8,12H,5-7,9-11,13-14H2,1H3;2-5,9H,6-8,10-14H2,1H3/t18-;;;;/m1..../s1. The Labute approximate surface area is 873 Å². The van der Waals surface area contributed by atoms with Gasteiger partial charge in [-0.2, -0.15) is 48.9 Å². The minimum absolute atomic E-state index is 0.0239. The molecule has 11 aromatic rings. The number of rotatable bonds is 17. The largest absolute Gasteiger partial charge is 0.496 e. The summed E-state index contributed by atoms with van der Waals surface area (Å²) in [5.41, 5.74) is 13.6. The first-order valence-electron chi connectivity index (χ1n) is 50.7. The van der Waals surface area contributed by atoms with Gasteiger partial charge in [0.25, 0.3) is 0 Å². The molecule has 0 unspecified atom stereocenters. The predicted octanol–water partition coefficient (Wildman–Crippen LogP) is 19.3. The predicted molar refractivity (Wildman–Crippen MR) is 563 cm³/mol. The summed E-state index contributed by atoms with van der Waals surface area (Å²) in [5, 5.41) is 23.2. The molecule has 9 aliphatic rings. The van der Waals surface area contributed by atoms with Gasteiger partial charge in [0.1, 0.15) is 34.2 Å². The Hall–Kier alpha value is -12.2. The van der Waals surface area contributed by atoms with Gasteiger partial charge in [0, 0.05) is 212 Å². The number of piperidine rings is 4. The molecule has 146 heavy (non-hydrogen) atoms. The number of halogens is 4. The minimum atomic E-state index is -0.200. The summed E-state index contributed by atoms with van der Waals surface area (Å²) in [6.45, 7) is 34.4. The van der Waals surface area contributed by atoms with E-state index in [9.17, 15) is 47.9 Å². The van der Waals surface area contributed by atoms with Gasteiger partial charge in [-0.3, -0.25) is 48.5 Å². The van der Waals surface area contributed by atoms with Crippen LogP contribution in [0, 0.1) is 35.5 Å². The summed E-state index contributed by atoms with van der Waals surface area (Å²) >= 11 is 24.9. The van der Waals surface area contributed by atoms with Crippen molar-refractivity contribution in [3.05, 3.63) is 282 Å². The van der Waals surface area contributed by atoms with Crippen LogP contribution in [0.1, 0.15) is 210 Å². The normalized spacial score (nSPS) is 18.6. The smallest absolute Gasteiger partial charge is 0.344 e. The lowest BCUT2D eigenvalue weighted by molar-refractivity contribution is 0.0957. The molecule has 9 saturated heterocycles. The van der Waals surface area contributed by atoms with E-state index in [0.29, 0.717) is 81.7 Å². The molecule has 0 N–H and O–H groups in total. The molecule has 9 aliphatic heterocycles. The zero-order valence-corrected chi connectivity index (χ0v) is 88.0. The Morgan fingerprint density at radius 3 is 1.10 bits per heavy atom. The van der Waals surface area contributed by atoms with Gasteiger partial charge >= 0.3 is 30.2 Å². The van der Waals surface area contributed by atoms with Gasteiger partial charge in [-0.25, -0.2) is 24.0 Å². The van der Waals surface area contributed by atoms with Crippen LogP contribution in [-0.2, 0) is 32.7 Å². The maximum Gasteiger partial charge on any atom is 0.344 e. The molecule has 35 heteroatoms. The molecule has 770 valence electrons. The molecule has 0 saturated carbocycles. The number of nitrogens with zero attached hydrogens (tertiary/aromatic N) is 20. The number of carbonyl (C=O) groups is 10. The number of amides is 5. The summed E-state index contributed by atoms with van der Waals surface area (Å²) in [7, 11) is 1.70. The average molecular weight is 2060 g/mol. The summed E-state index contributed by atoms with van der Waals surface area (Å²) in [4.78, 5) is 142. The number of ether oxygens (including phenoxy) is 1. The third-order valence-corrected chi connectivity index (χ3v) is 32.2. The number of methoxy groups -OCH3 is 1. The van der Waals surface area contributed by atoms with Crippen LogP contribution in [0.25, 0.3) is 11.1 Å². The van der Waals surface area contributed by atoms with Crippen molar-refractivity contribution in [2.45, 2.75) is 171 Å². The van der Waals surface area contributed by atoms with E-state index in [0.717, 1.165) is 234 Å². The fraction of sp³-hybridized carbons (Fsp3) is 0.450. The number of aromatic nitrogens is 10. The summed E-state index contributed by atoms with van der Waals surface area (Å²) < 4.78 is 12.1. The Morgan fingerprint density at radius 1 is 0.322 bits per heavy atom. The number of aryl methyl sites for hydroxylation is 2. The van der Waals surface area contributed by atoms with Crippen molar-refractivity contribution in [2.24, 2.45) is 21.7 Å². The summed E-state index contributed by atoms with van der Waals surface area (Å²) in [5.74, 6) is 0.196. The highest BCUT2D eigenvalue weighted by Crippen LogP contribution is 2.46. The molecule has 4 spiro atoms. The van der Waals surface area contributed by atoms with Gasteiger partial charge in [0.05, 0.1) is 17.2 Å². The molecule has 0 radical (unpaired) electrons. The molecule has 9 fully saturated rings. The number of Topliss-reactive ketones (excluding diaryl/α,β-unsaturated/α-hetero) is 5. The number of hydrogen-bond acceptors (Lipinski definition) is 21. The van der Waals surface area contributed by atoms with Crippen molar-refractivity contribution < 1.29 is 52.7 Å². The first kappa shape index (κ1) is 107. The zero-order valence-electron chi connectivity index (χ0n) is 85.0. The average Bonchev–Trinajstić information content (AvgIpc) is 1.64. The Balaban J connectivity index is 0.000000131. The lowest BCUT2D eigenvalue weighted by Crippen LogP contribution is -2.54. The highest BCUT2D eigenvalue weighted by Gasteiger charge is 2.47. The van der Waals surface area contributed by atoms with Crippen LogP contribution in [0.15, 0.2) is 195 Å². The van der Waals surface area contributed by atoms with Crippen LogP contribution in [0.2, 0.25) is 20.1 Å². The first-order valence-corrected chi connectivity index (χ1v) is 52.2. The van der Waals surface area contributed by atoms with Crippen LogP contribution in [-0.4, -0.2) is 294 Å². The van der Waals surface area contributed by atoms with E-state index < -0.39 is 0 Å². The maximum absolute atomic E-state index is 12.9. The third kappa shape index (κ3) is 26.5. The van der Waals surface area contributed by atoms with Crippen LogP contribution < -0.4 is 4.74 Å². The van der Waals surface area contributed by atoms with Crippen molar-refractivity contribution in [1.82, 2.24) is 97.9 Å². The van der Waals surface area contributed by atoms with Gasteiger partial charge in [-0.15, -0.1) is 0 Å². The number of ketones is 5. The zero-order chi connectivity index (χ0) is 103. The second kappa shape index (κ2) is 47.3. The fourth-order valence-corrected chi connectivity index (χ4v) is 22.8. The molecule has 0 aliphatic carbocycles. The number of piperazine rings is 1. The van der Waals surface area contributed by atoms with Gasteiger partial charge in [-0.05, 0) is 246 Å². The number of hydrogen-bond donors (Lipinski definition) is 0. The summed E-state index contributed by atoms with van der Waals surface area (Å²) in [6.07, 6.45) is 20.6. The molecule has 5 amide bonds. The van der Waals surface area contributed by atoms with Crippen molar-refractivity contribution in [1.29, 1.82) is 0 Å². The second-order valence-corrected chi connectivity index (χ2v) is 42.9. The molecule has 20 rings (SSSR count). The van der Waals surface area contributed by atoms with Crippen molar-refractivity contribution >= 4 is 105 Å². The Morgan fingerprint density at radius 2 is 0.692 bits per heavy atom. The Kier molecular flexibility index (Phi) is 34.6. The van der Waals surface area contributed by atoms with Gasteiger partial charge in [-0.1, -0.05) is 161 Å². The van der Waals surface area contributed by atoms with E-state index in [4.69, 9.17) is 51.1 Å². The summed E-state index contributed by atoms with van der Waals surface area (Å²) in [6, 6.07) is 52.6. The number of benzene rings is 6. The van der Waals surface area contributed by atoms with Crippen molar-refractivity contribution in [3.8, 4) is 16.9 Å². The highest BCUT2D eigenvalue weighted by atomic mass is 35.5. The SMILES string of the molecule is CC(=O)c1ccn(C(=O)N2CCC3(CCN(Cc4cc(Cl)ccc4Cl)C3)CC2)n1.CC(=O)c1ccn(C(=O)N2CCC3(CCN(Cc4cccc(C)c4)C3)CC2)n1.CC(=O)c1ccn(C(=O)N2CCC3(CCN(Cc4cccc(C)c4)CC3)C2)n1.CC(=O)c1ccn(C(=O)N2CCC3(CCN(Cc4cccc(Cl)c4Cl)C3)CC2)n1.COc1cc(-c2ccccc2)ccc1CN1CCN(C(=O)n2ccc(C(C)=O)n2)[C@H](C)C1. The van der Waals surface area contributed by atoms with Gasteiger partial charge < -0.3 is 29.2 Å². The lowest BCUT2D eigenvalue weighted by Gasteiger charge is -2.39. The topological polar surface area (TPSA) is 301 Å². The van der Waals surface area contributed by atoms with E-state index in [1.165, 1.54) is 86.7 Å². The number of likely N-dealkylation sites (tertiary alicyclic amines) is 8. The monoisotopic (exact) mass is 2060 g/mol. The molecule has 5 aromatic heterocycles. The molecule has 0 bridgehead atoms. The maximum atomic E-state index is 12.9. The van der Waals surface area contributed by atoms with Crippen molar-refractivity contribution in [2.75, 3.05) is 131 Å². The molecule has 1 atom stereocenters. The lowest BCUT2D eigenvalue weighted by atomic mass is 9.77. The van der Waals surface area contributed by atoms with Crippen LogP contribution in [0.3, 0.4) is 0 Å². The van der Waals surface area contributed by atoms with Crippen LogP contribution in [0.5, 0.6) is 5.75 Å².